The number of aromatic nitrogens is 2. The highest BCUT2D eigenvalue weighted by Gasteiger charge is 2.44. The first-order valence-electron chi connectivity index (χ1n) is 13.5. The van der Waals surface area contributed by atoms with Crippen LogP contribution in [0.4, 0.5) is 0 Å². The van der Waals surface area contributed by atoms with Gasteiger partial charge in [0, 0.05) is 63.9 Å². The fourth-order valence-electron chi connectivity index (χ4n) is 6.41. The van der Waals surface area contributed by atoms with Gasteiger partial charge in [0.1, 0.15) is 12.1 Å². The van der Waals surface area contributed by atoms with E-state index in [0.717, 1.165) is 38.0 Å². The number of hydrogen-bond acceptors (Lipinski definition) is 5. The Balaban J connectivity index is 1.39. The summed E-state index contributed by atoms with van der Waals surface area (Å²) >= 11 is 0. The van der Waals surface area contributed by atoms with Crippen LogP contribution in [0.25, 0.3) is 0 Å². The molecule has 198 valence electrons. The van der Waals surface area contributed by atoms with E-state index in [4.69, 9.17) is 0 Å². The van der Waals surface area contributed by atoms with E-state index in [-0.39, 0.29) is 23.8 Å². The number of benzene rings is 1. The van der Waals surface area contributed by atoms with E-state index in [1.807, 2.05) is 48.3 Å². The zero-order valence-corrected chi connectivity index (χ0v) is 21.8. The van der Waals surface area contributed by atoms with Crippen LogP contribution in [0.1, 0.15) is 43.7 Å². The molecule has 0 spiro atoms. The molecule has 3 saturated heterocycles. The van der Waals surface area contributed by atoms with Crippen molar-refractivity contribution in [2.45, 2.75) is 63.7 Å². The minimum atomic E-state index is -0.685. The molecule has 2 bridgehead atoms. The molecule has 9 heteroatoms. The summed E-state index contributed by atoms with van der Waals surface area (Å²) in [7, 11) is 1.93. The van der Waals surface area contributed by atoms with E-state index in [1.165, 1.54) is 5.56 Å². The zero-order chi connectivity index (χ0) is 25.9. The van der Waals surface area contributed by atoms with E-state index >= 15 is 0 Å². The number of carbonyl (C=O) groups excluding carboxylic acids is 3. The van der Waals surface area contributed by atoms with Gasteiger partial charge in [-0.25, -0.2) is 0 Å². The van der Waals surface area contributed by atoms with Crippen molar-refractivity contribution >= 4 is 17.7 Å². The number of rotatable bonds is 4. The van der Waals surface area contributed by atoms with E-state index < -0.39 is 12.1 Å². The lowest BCUT2D eigenvalue weighted by molar-refractivity contribution is -0.146. The summed E-state index contributed by atoms with van der Waals surface area (Å²) in [5.74, 6) is 0.289. The van der Waals surface area contributed by atoms with Crippen LogP contribution in [0.15, 0.2) is 42.7 Å². The number of hydrogen-bond donors (Lipinski definition) is 2. The first kappa shape index (κ1) is 25.4. The molecule has 2 N–H and O–H groups in total. The van der Waals surface area contributed by atoms with Crippen molar-refractivity contribution in [3.63, 3.8) is 0 Å². The van der Waals surface area contributed by atoms with Crippen molar-refractivity contribution in [2.75, 3.05) is 19.6 Å². The number of fused-ring (bicyclic) bond motifs is 4. The van der Waals surface area contributed by atoms with E-state index in [1.54, 1.807) is 6.92 Å². The summed E-state index contributed by atoms with van der Waals surface area (Å²) in [4.78, 5) is 44.2. The van der Waals surface area contributed by atoms with Gasteiger partial charge in [-0.2, -0.15) is 5.10 Å². The summed E-state index contributed by atoms with van der Waals surface area (Å²) in [6.45, 7) is 5.07. The molecule has 1 aromatic heterocycles. The summed E-state index contributed by atoms with van der Waals surface area (Å²) in [6, 6.07) is 8.52. The molecule has 9 nitrogen and oxygen atoms in total. The molecular weight excluding hydrogens is 468 g/mol. The average molecular weight is 507 g/mol. The maximum Gasteiger partial charge on any atom is 0.245 e. The fraction of sp³-hybridized carbons (Fsp3) is 0.571. The van der Waals surface area contributed by atoms with Gasteiger partial charge in [0.2, 0.25) is 17.7 Å². The number of nitrogens with one attached hydrogen (secondary N) is 2. The third-order valence-electron chi connectivity index (χ3n) is 8.06. The average Bonchev–Trinajstić information content (AvgIpc) is 3.28. The second kappa shape index (κ2) is 11.0. The van der Waals surface area contributed by atoms with Gasteiger partial charge in [0.15, 0.2) is 0 Å². The Morgan fingerprint density at radius 2 is 1.84 bits per heavy atom. The topological polar surface area (TPSA) is 99.6 Å². The van der Waals surface area contributed by atoms with Gasteiger partial charge in [-0.15, -0.1) is 0 Å². The molecule has 5 rings (SSSR count). The molecule has 3 fully saturated rings. The van der Waals surface area contributed by atoms with Crippen molar-refractivity contribution in [3.05, 3.63) is 53.9 Å². The van der Waals surface area contributed by atoms with Crippen molar-refractivity contribution in [1.29, 1.82) is 0 Å². The molecule has 4 heterocycles. The van der Waals surface area contributed by atoms with Crippen LogP contribution in [0.3, 0.4) is 0 Å². The highest BCUT2D eigenvalue weighted by atomic mass is 16.2. The third kappa shape index (κ3) is 6.04. The summed E-state index contributed by atoms with van der Waals surface area (Å²) < 4.78 is 1.83. The second-order valence-corrected chi connectivity index (χ2v) is 11.1. The van der Waals surface area contributed by atoms with E-state index in [9.17, 15) is 14.4 Å². The van der Waals surface area contributed by atoms with Crippen molar-refractivity contribution in [1.82, 2.24) is 30.2 Å². The first-order chi connectivity index (χ1) is 17.9. The fourth-order valence-corrected chi connectivity index (χ4v) is 6.41. The predicted molar refractivity (Wildman–Crippen MR) is 139 cm³/mol. The Hall–Kier alpha value is -3.20. The number of amides is 3. The van der Waals surface area contributed by atoms with Crippen LogP contribution >= 0.6 is 0 Å². The van der Waals surface area contributed by atoms with Crippen molar-refractivity contribution in [2.24, 2.45) is 18.9 Å². The zero-order valence-electron chi connectivity index (χ0n) is 21.8. The van der Waals surface area contributed by atoms with Gasteiger partial charge in [0.25, 0.3) is 0 Å². The van der Waals surface area contributed by atoms with Gasteiger partial charge in [0.05, 0.1) is 6.20 Å². The van der Waals surface area contributed by atoms with Crippen LogP contribution in [0, 0.1) is 11.8 Å². The SMILES string of the molecule is C[C@H]1NC(=O)CCC[C@H]2[C@@H]3C[C@@H](CN(Cc4cnn(C)c4)C3)CN2C(=O)[C@H](Cc2ccccc2)NC1=O. The van der Waals surface area contributed by atoms with Crippen LogP contribution < -0.4 is 10.6 Å². The summed E-state index contributed by atoms with van der Waals surface area (Å²) in [5, 5.41) is 10.1. The monoisotopic (exact) mass is 506 g/mol. The van der Waals surface area contributed by atoms with Gasteiger partial charge < -0.3 is 15.5 Å². The van der Waals surface area contributed by atoms with Crippen LogP contribution in [0.5, 0.6) is 0 Å². The van der Waals surface area contributed by atoms with Gasteiger partial charge in [-0.1, -0.05) is 30.3 Å². The highest BCUT2D eigenvalue weighted by molar-refractivity contribution is 5.92. The Morgan fingerprint density at radius 3 is 2.59 bits per heavy atom. The molecule has 1 aromatic carbocycles. The molecule has 5 atom stereocenters. The third-order valence-corrected chi connectivity index (χ3v) is 8.06. The highest BCUT2D eigenvalue weighted by Crippen LogP contribution is 2.36. The summed E-state index contributed by atoms with van der Waals surface area (Å²) in [5.41, 5.74) is 2.20. The molecular formula is C28H38N6O3. The number of nitrogens with zero attached hydrogens (tertiary/aromatic N) is 4. The molecule has 3 aliphatic heterocycles. The number of carbonyl (C=O) groups is 3. The standard InChI is InChI=1S/C28H38N6O3/c1-19-27(36)31-24(12-20-7-4-3-5-8-20)28(37)34-17-21-11-23(25(34)9-6-10-26(35)30-19)18-33(15-21)16-22-13-29-32(2)14-22/h3-5,7-8,13-14,19,21,23-25H,6,9-12,15-18H2,1-2H3,(H,30,35)(H,31,36)/t19-,21+,23-,24+,25+/m1/s1. The Labute approximate surface area is 218 Å². The molecule has 2 aromatic rings. The Kier molecular flexibility index (Phi) is 7.60. The van der Waals surface area contributed by atoms with Crippen molar-refractivity contribution < 1.29 is 14.4 Å². The van der Waals surface area contributed by atoms with E-state index in [2.05, 4.69) is 31.7 Å². The lowest BCUT2D eigenvalue weighted by atomic mass is 9.77. The van der Waals surface area contributed by atoms with Crippen LogP contribution in [0.2, 0.25) is 0 Å². The first-order valence-corrected chi connectivity index (χ1v) is 13.5. The number of aryl methyl sites for hydroxylation is 1. The Bertz CT molecular complexity index is 1120. The Morgan fingerprint density at radius 1 is 1.03 bits per heavy atom. The molecule has 0 saturated carbocycles. The van der Waals surface area contributed by atoms with Crippen LogP contribution in [-0.2, 0) is 34.4 Å². The van der Waals surface area contributed by atoms with Crippen LogP contribution in [-0.4, -0.2) is 75.1 Å². The maximum atomic E-state index is 14.1. The molecule has 37 heavy (non-hydrogen) atoms. The largest absolute Gasteiger partial charge is 0.345 e. The van der Waals surface area contributed by atoms with Gasteiger partial charge >= 0.3 is 0 Å². The second-order valence-electron chi connectivity index (χ2n) is 11.1. The number of piperidine rings is 2. The summed E-state index contributed by atoms with van der Waals surface area (Å²) in [6.07, 6.45) is 7.35. The normalized spacial score (nSPS) is 29.5. The van der Waals surface area contributed by atoms with Crippen molar-refractivity contribution in [3.8, 4) is 0 Å². The minimum Gasteiger partial charge on any atom is -0.345 e. The predicted octanol–water partition coefficient (Wildman–Crippen LogP) is 1.49. The quantitative estimate of drug-likeness (QED) is 0.655. The smallest absolute Gasteiger partial charge is 0.245 e. The minimum absolute atomic E-state index is 0.00304. The lowest BCUT2D eigenvalue weighted by Gasteiger charge is -2.51. The molecule has 0 unspecified atom stereocenters. The molecule has 0 aliphatic carbocycles. The van der Waals surface area contributed by atoms with Gasteiger partial charge in [-0.05, 0) is 43.6 Å². The number of likely N-dealkylation sites (tertiary alicyclic amines) is 1. The molecule has 3 amide bonds. The maximum absolute atomic E-state index is 14.1. The van der Waals surface area contributed by atoms with Gasteiger partial charge in [-0.3, -0.25) is 24.0 Å². The lowest BCUT2D eigenvalue weighted by Crippen LogP contribution is -2.63. The van der Waals surface area contributed by atoms with E-state index in [0.29, 0.717) is 37.6 Å². The molecule has 3 aliphatic rings. The molecule has 0 radical (unpaired) electrons.